The van der Waals surface area contributed by atoms with Crippen LogP contribution in [0.2, 0.25) is 0 Å². The minimum atomic E-state index is -0.332. The molecule has 2 rings (SSSR count). The van der Waals surface area contributed by atoms with E-state index >= 15 is 0 Å². The fraction of sp³-hybridized carbons (Fsp3) is 0.917. The topological polar surface area (TPSA) is 58.4 Å². The van der Waals surface area contributed by atoms with Crippen molar-refractivity contribution in [2.75, 3.05) is 13.1 Å². The third-order valence-electron chi connectivity index (χ3n) is 3.72. The van der Waals surface area contributed by atoms with Gasteiger partial charge in [-0.25, -0.2) is 0 Å². The molecule has 2 aliphatic rings. The van der Waals surface area contributed by atoms with Crippen LogP contribution in [0.15, 0.2) is 0 Å². The van der Waals surface area contributed by atoms with Crippen molar-refractivity contribution < 1.29 is 4.79 Å². The van der Waals surface area contributed by atoms with E-state index in [1.54, 1.807) is 0 Å². The smallest absolute Gasteiger partial charge is 0.237 e. The number of piperidine rings is 1. The van der Waals surface area contributed by atoms with E-state index < -0.39 is 0 Å². The van der Waals surface area contributed by atoms with E-state index in [2.05, 4.69) is 10.2 Å². The Morgan fingerprint density at radius 3 is 2.50 bits per heavy atom. The first kappa shape index (κ1) is 11.9. The Kier molecular flexibility index (Phi) is 3.82. The third kappa shape index (κ3) is 2.95. The molecule has 4 nitrogen and oxygen atoms in total. The minimum absolute atomic E-state index is 0.0207. The van der Waals surface area contributed by atoms with E-state index in [4.69, 9.17) is 5.73 Å². The van der Waals surface area contributed by atoms with Gasteiger partial charge in [-0.05, 0) is 32.1 Å². The molecule has 1 aliphatic heterocycles. The van der Waals surface area contributed by atoms with Crippen LogP contribution in [0, 0.1) is 0 Å². The van der Waals surface area contributed by atoms with Gasteiger partial charge in [0.2, 0.25) is 5.91 Å². The molecule has 1 saturated heterocycles. The van der Waals surface area contributed by atoms with E-state index in [1.165, 1.54) is 12.8 Å². The van der Waals surface area contributed by atoms with Gasteiger partial charge in [-0.15, -0.1) is 0 Å². The molecule has 92 valence electrons. The fourth-order valence-corrected chi connectivity index (χ4v) is 2.34. The Bertz CT molecular complexity index is 245. The van der Waals surface area contributed by atoms with Gasteiger partial charge in [0.05, 0.1) is 6.04 Å². The van der Waals surface area contributed by atoms with Crippen LogP contribution in [-0.4, -0.2) is 42.0 Å². The number of likely N-dealkylation sites (tertiary alicyclic amines) is 1. The molecular formula is C12H23N3O. The Labute approximate surface area is 97.6 Å². The lowest BCUT2D eigenvalue weighted by Gasteiger charge is -2.32. The predicted octanol–water partition coefficient (Wildman–Crippen LogP) is 0.467. The normalized spacial score (nSPS) is 25.4. The number of carbonyl (C=O) groups is 1. The van der Waals surface area contributed by atoms with E-state index in [0.29, 0.717) is 12.5 Å². The fourth-order valence-electron chi connectivity index (χ4n) is 2.34. The highest BCUT2D eigenvalue weighted by Crippen LogP contribution is 2.29. The largest absolute Gasteiger partial charge is 0.352 e. The molecule has 3 N–H and O–H groups in total. The first-order valence-electron chi connectivity index (χ1n) is 6.50. The van der Waals surface area contributed by atoms with Gasteiger partial charge in [0.15, 0.2) is 0 Å². The maximum atomic E-state index is 11.6. The van der Waals surface area contributed by atoms with Crippen molar-refractivity contribution in [2.45, 2.75) is 57.2 Å². The molecule has 1 atom stereocenters. The van der Waals surface area contributed by atoms with Crippen LogP contribution in [0.3, 0.4) is 0 Å². The summed E-state index contributed by atoms with van der Waals surface area (Å²) in [5, 5.41) is 3.06. The second-order valence-electron chi connectivity index (χ2n) is 5.06. The molecule has 4 heteroatoms. The minimum Gasteiger partial charge on any atom is -0.352 e. The van der Waals surface area contributed by atoms with Crippen LogP contribution in [-0.2, 0) is 4.79 Å². The Balaban J connectivity index is 1.70. The highest BCUT2D eigenvalue weighted by molar-refractivity contribution is 5.81. The van der Waals surface area contributed by atoms with Crippen molar-refractivity contribution >= 4 is 5.91 Å². The second-order valence-corrected chi connectivity index (χ2v) is 5.06. The number of nitrogens with two attached hydrogens (primary N) is 1. The van der Waals surface area contributed by atoms with Gasteiger partial charge in [-0.2, -0.15) is 0 Å². The molecule has 0 aromatic heterocycles. The summed E-state index contributed by atoms with van der Waals surface area (Å²) in [7, 11) is 0. The molecule has 16 heavy (non-hydrogen) atoms. The molecule has 1 aliphatic carbocycles. The summed E-state index contributed by atoms with van der Waals surface area (Å²) in [6, 6.07) is 0.871. The quantitative estimate of drug-likeness (QED) is 0.731. The molecule has 1 saturated carbocycles. The zero-order chi connectivity index (χ0) is 11.5. The lowest BCUT2D eigenvalue weighted by molar-refractivity contribution is -0.123. The Hall–Kier alpha value is -0.610. The lowest BCUT2D eigenvalue weighted by Crippen LogP contribution is -2.49. The molecule has 1 amide bonds. The van der Waals surface area contributed by atoms with Gasteiger partial charge >= 0.3 is 0 Å². The zero-order valence-corrected chi connectivity index (χ0v) is 10.1. The van der Waals surface area contributed by atoms with E-state index in [-0.39, 0.29) is 11.9 Å². The van der Waals surface area contributed by atoms with E-state index in [1.807, 2.05) is 6.92 Å². The highest BCUT2D eigenvalue weighted by Gasteiger charge is 2.32. The first-order valence-corrected chi connectivity index (χ1v) is 6.50. The third-order valence-corrected chi connectivity index (χ3v) is 3.72. The van der Waals surface area contributed by atoms with Gasteiger partial charge in [-0.1, -0.05) is 6.92 Å². The summed E-state index contributed by atoms with van der Waals surface area (Å²) in [4.78, 5) is 14.2. The summed E-state index contributed by atoms with van der Waals surface area (Å²) in [6.45, 7) is 4.22. The van der Waals surface area contributed by atoms with Crippen molar-refractivity contribution in [1.82, 2.24) is 10.2 Å². The van der Waals surface area contributed by atoms with E-state index in [0.717, 1.165) is 32.0 Å². The van der Waals surface area contributed by atoms with Crippen molar-refractivity contribution in [2.24, 2.45) is 5.73 Å². The molecule has 2 fully saturated rings. The number of hydrogen-bond acceptors (Lipinski definition) is 3. The number of nitrogens with zero attached hydrogens (tertiary/aromatic N) is 1. The average molecular weight is 225 g/mol. The number of carbonyl (C=O) groups excluding carboxylic acids is 1. The van der Waals surface area contributed by atoms with Crippen molar-refractivity contribution in [3.8, 4) is 0 Å². The van der Waals surface area contributed by atoms with Gasteiger partial charge in [0.25, 0.3) is 0 Å². The molecule has 1 unspecified atom stereocenters. The molecule has 0 bridgehead atoms. The van der Waals surface area contributed by atoms with Gasteiger partial charge in [-0.3, -0.25) is 4.79 Å². The Morgan fingerprint density at radius 1 is 1.38 bits per heavy atom. The maximum absolute atomic E-state index is 11.6. The van der Waals surface area contributed by atoms with Crippen LogP contribution >= 0.6 is 0 Å². The van der Waals surface area contributed by atoms with Gasteiger partial charge < -0.3 is 16.0 Å². The van der Waals surface area contributed by atoms with Gasteiger partial charge in [0.1, 0.15) is 0 Å². The van der Waals surface area contributed by atoms with Crippen LogP contribution in [0.4, 0.5) is 0 Å². The van der Waals surface area contributed by atoms with Crippen LogP contribution in [0.5, 0.6) is 0 Å². The summed E-state index contributed by atoms with van der Waals surface area (Å²) in [5.41, 5.74) is 5.70. The summed E-state index contributed by atoms with van der Waals surface area (Å²) in [5.74, 6) is 0.0207. The average Bonchev–Trinajstić information content (AvgIpc) is 3.13. The van der Waals surface area contributed by atoms with Crippen LogP contribution < -0.4 is 11.1 Å². The van der Waals surface area contributed by atoms with Crippen molar-refractivity contribution in [3.63, 3.8) is 0 Å². The van der Waals surface area contributed by atoms with Gasteiger partial charge in [0, 0.05) is 25.2 Å². The lowest BCUT2D eigenvalue weighted by atomic mass is 10.0. The molecule has 1 heterocycles. The Morgan fingerprint density at radius 2 is 2.00 bits per heavy atom. The number of nitrogens with one attached hydrogen (secondary N) is 1. The summed E-state index contributed by atoms with van der Waals surface area (Å²) >= 11 is 0. The zero-order valence-electron chi connectivity index (χ0n) is 10.1. The summed E-state index contributed by atoms with van der Waals surface area (Å²) in [6.07, 6.45) is 5.62. The molecule has 0 radical (unpaired) electrons. The highest BCUT2D eigenvalue weighted by atomic mass is 16.2. The van der Waals surface area contributed by atoms with E-state index in [9.17, 15) is 4.79 Å². The predicted molar refractivity (Wildman–Crippen MR) is 64.0 cm³/mol. The number of hydrogen-bond donors (Lipinski definition) is 2. The van der Waals surface area contributed by atoms with Crippen molar-refractivity contribution in [3.05, 3.63) is 0 Å². The molecule has 0 aromatic carbocycles. The maximum Gasteiger partial charge on any atom is 0.237 e. The molecule has 0 spiro atoms. The van der Waals surface area contributed by atoms with Crippen LogP contribution in [0.1, 0.15) is 39.0 Å². The monoisotopic (exact) mass is 225 g/mol. The molecular weight excluding hydrogens is 202 g/mol. The van der Waals surface area contributed by atoms with Crippen LogP contribution in [0.25, 0.3) is 0 Å². The number of amides is 1. The molecule has 0 aromatic rings. The first-order chi connectivity index (χ1) is 7.70. The standard InChI is InChI=1S/C12H23N3O/c1-2-11(13)12(16)14-9-5-7-15(8-6-9)10-3-4-10/h9-11H,2-8,13H2,1H3,(H,14,16). The summed E-state index contributed by atoms with van der Waals surface area (Å²) < 4.78 is 0. The van der Waals surface area contributed by atoms with Crippen molar-refractivity contribution in [1.29, 1.82) is 0 Å². The number of rotatable bonds is 4. The SMILES string of the molecule is CCC(N)C(=O)NC1CCN(C2CC2)CC1. The second kappa shape index (κ2) is 5.15.